The number of para-hydroxylation sites is 1. The molecule has 0 bridgehead atoms. The predicted octanol–water partition coefficient (Wildman–Crippen LogP) is 3.85. The van der Waals surface area contributed by atoms with Crippen molar-refractivity contribution in [2.24, 2.45) is 0 Å². The van der Waals surface area contributed by atoms with E-state index < -0.39 is 15.5 Å². The number of benzene rings is 2. The molecule has 1 unspecified atom stereocenters. The van der Waals surface area contributed by atoms with Crippen molar-refractivity contribution in [2.45, 2.75) is 30.4 Å². The van der Waals surface area contributed by atoms with Gasteiger partial charge in [0.15, 0.2) is 0 Å². The summed E-state index contributed by atoms with van der Waals surface area (Å²) in [6, 6.07) is 16.3. The molecule has 4 heteroatoms. The van der Waals surface area contributed by atoms with E-state index in [-0.39, 0.29) is 5.91 Å². The van der Waals surface area contributed by atoms with Gasteiger partial charge in [-0.2, -0.15) is 0 Å². The lowest BCUT2D eigenvalue weighted by Gasteiger charge is -2.19. The first-order valence-electron chi connectivity index (χ1n) is 6.77. The zero-order valence-electron chi connectivity index (χ0n) is 12.4. The summed E-state index contributed by atoms with van der Waals surface area (Å²) in [7, 11) is -1.25. The first-order chi connectivity index (χ1) is 9.89. The highest BCUT2D eigenvalue weighted by molar-refractivity contribution is 7.86. The maximum Gasteiger partial charge on any atom is 0.256 e. The van der Waals surface area contributed by atoms with E-state index in [2.05, 4.69) is 5.32 Å². The van der Waals surface area contributed by atoms with Crippen LogP contribution in [0, 0.1) is 0 Å². The number of hydrogen-bond donors (Lipinski definition) is 1. The standard InChI is InChI=1S/C17H19NO2S/c1-17(2,3)21(20)15-12-8-7-11-14(15)16(19)18-13-9-5-4-6-10-13/h4-12H,1-3H3,(H,18,19). The Morgan fingerprint density at radius 3 is 2.14 bits per heavy atom. The van der Waals surface area contributed by atoms with Crippen LogP contribution in [0.2, 0.25) is 0 Å². The number of anilines is 1. The van der Waals surface area contributed by atoms with E-state index in [1.165, 1.54) is 0 Å². The van der Waals surface area contributed by atoms with E-state index in [0.29, 0.717) is 10.5 Å². The second-order valence-corrected chi connectivity index (χ2v) is 7.90. The minimum absolute atomic E-state index is 0.241. The van der Waals surface area contributed by atoms with Crippen molar-refractivity contribution in [2.75, 3.05) is 5.32 Å². The number of carbonyl (C=O) groups is 1. The molecule has 0 aromatic heterocycles. The first kappa shape index (κ1) is 15.4. The van der Waals surface area contributed by atoms with Crippen LogP contribution in [0.4, 0.5) is 5.69 Å². The Kier molecular flexibility index (Phi) is 4.58. The van der Waals surface area contributed by atoms with E-state index in [1.54, 1.807) is 24.3 Å². The van der Waals surface area contributed by atoms with Crippen LogP contribution < -0.4 is 5.32 Å². The molecule has 0 radical (unpaired) electrons. The van der Waals surface area contributed by atoms with Gasteiger partial charge < -0.3 is 5.32 Å². The molecule has 0 heterocycles. The maximum absolute atomic E-state index is 12.6. The highest BCUT2D eigenvalue weighted by Gasteiger charge is 2.25. The molecule has 1 amide bonds. The van der Waals surface area contributed by atoms with Gasteiger partial charge in [0, 0.05) is 10.4 Å². The van der Waals surface area contributed by atoms with Crippen molar-refractivity contribution in [3.05, 3.63) is 60.2 Å². The molecule has 3 nitrogen and oxygen atoms in total. The van der Waals surface area contributed by atoms with Gasteiger partial charge in [0.25, 0.3) is 5.91 Å². The molecule has 0 spiro atoms. The zero-order chi connectivity index (χ0) is 15.5. The van der Waals surface area contributed by atoms with Crippen LogP contribution in [0.15, 0.2) is 59.5 Å². The third kappa shape index (κ3) is 3.79. The van der Waals surface area contributed by atoms with Crippen LogP contribution in [-0.2, 0) is 10.8 Å². The number of amides is 1. The quantitative estimate of drug-likeness (QED) is 0.936. The van der Waals surface area contributed by atoms with Gasteiger partial charge in [-0.1, -0.05) is 30.3 Å². The maximum atomic E-state index is 12.6. The highest BCUT2D eigenvalue weighted by atomic mass is 32.2. The van der Waals surface area contributed by atoms with Gasteiger partial charge in [0.05, 0.1) is 21.3 Å². The number of hydrogen-bond acceptors (Lipinski definition) is 2. The van der Waals surface area contributed by atoms with Gasteiger partial charge in [-0.15, -0.1) is 0 Å². The normalized spacial score (nSPS) is 12.7. The summed E-state index contributed by atoms with van der Waals surface area (Å²) in [5, 5.41) is 2.83. The Hall–Kier alpha value is -1.94. The topological polar surface area (TPSA) is 46.2 Å². The molecule has 0 aliphatic heterocycles. The molecule has 2 aromatic carbocycles. The lowest BCUT2D eigenvalue weighted by molar-refractivity contribution is 0.102. The molecule has 1 atom stereocenters. The molecule has 1 N–H and O–H groups in total. The molecule has 0 saturated carbocycles. The zero-order valence-corrected chi connectivity index (χ0v) is 13.2. The Labute approximate surface area is 127 Å². The van der Waals surface area contributed by atoms with Crippen LogP contribution in [0.3, 0.4) is 0 Å². The van der Waals surface area contributed by atoms with Gasteiger partial charge in [-0.3, -0.25) is 9.00 Å². The smallest absolute Gasteiger partial charge is 0.256 e. The average molecular weight is 301 g/mol. The van der Waals surface area contributed by atoms with Crippen molar-refractivity contribution in [3.63, 3.8) is 0 Å². The summed E-state index contributed by atoms with van der Waals surface area (Å²) in [5.41, 5.74) is 1.17. The van der Waals surface area contributed by atoms with Gasteiger partial charge in [-0.05, 0) is 45.0 Å². The summed E-state index contributed by atoms with van der Waals surface area (Å²) < 4.78 is 12.2. The monoisotopic (exact) mass is 301 g/mol. The van der Waals surface area contributed by atoms with Crippen LogP contribution in [-0.4, -0.2) is 14.9 Å². The van der Waals surface area contributed by atoms with E-state index in [9.17, 15) is 9.00 Å². The lowest BCUT2D eigenvalue weighted by Crippen LogP contribution is -2.24. The second-order valence-electron chi connectivity index (χ2n) is 5.70. The third-order valence-corrected chi connectivity index (χ3v) is 4.79. The Morgan fingerprint density at radius 2 is 1.52 bits per heavy atom. The summed E-state index contributed by atoms with van der Waals surface area (Å²) in [4.78, 5) is 13.0. The van der Waals surface area contributed by atoms with Crippen molar-refractivity contribution in [3.8, 4) is 0 Å². The minimum Gasteiger partial charge on any atom is -0.322 e. The molecule has 21 heavy (non-hydrogen) atoms. The molecule has 2 aromatic rings. The SMILES string of the molecule is CC(C)(C)S(=O)c1ccccc1C(=O)Nc1ccccc1. The van der Waals surface area contributed by atoms with Gasteiger partial charge in [0.2, 0.25) is 0 Å². The van der Waals surface area contributed by atoms with Crippen LogP contribution in [0.1, 0.15) is 31.1 Å². The lowest BCUT2D eigenvalue weighted by atomic mass is 10.2. The Morgan fingerprint density at radius 1 is 0.952 bits per heavy atom. The molecular formula is C17H19NO2S. The van der Waals surface area contributed by atoms with Crippen LogP contribution in [0.5, 0.6) is 0 Å². The second kappa shape index (κ2) is 6.22. The number of nitrogens with one attached hydrogen (secondary N) is 1. The summed E-state index contributed by atoms with van der Waals surface area (Å²) >= 11 is 0. The fourth-order valence-corrected chi connectivity index (χ4v) is 3.09. The van der Waals surface area contributed by atoms with Crippen LogP contribution in [0.25, 0.3) is 0 Å². The molecular weight excluding hydrogens is 282 g/mol. The fourth-order valence-electron chi connectivity index (χ4n) is 1.87. The Balaban J connectivity index is 2.32. The fraction of sp³-hybridized carbons (Fsp3) is 0.235. The minimum atomic E-state index is -1.25. The van der Waals surface area contributed by atoms with E-state index in [0.717, 1.165) is 5.69 Å². The van der Waals surface area contributed by atoms with E-state index in [1.807, 2.05) is 51.1 Å². The largest absolute Gasteiger partial charge is 0.322 e. The Bertz CT molecular complexity index is 660. The number of carbonyl (C=O) groups excluding carboxylic acids is 1. The molecule has 0 fully saturated rings. The molecule has 2 rings (SSSR count). The predicted molar refractivity (Wildman–Crippen MR) is 87.0 cm³/mol. The molecule has 0 aliphatic carbocycles. The van der Waals surface area contributed by atoms with E-state index >= 15 is 0 Å². The van der Waals surface area contributed by atoms with Gasteiger partial charge in [-0.25, -0.2) is 0 Å². The highest BCUT2D eigenvalue weighted by Crippen LogP contribution is 2.24. The summed E-state index contributed by atoms with van der Waals surface area (Å²) in [6.45, 7) is 5.69. The summed E-state index contributed by atoms with van der Waals surface area (Å²) in [6.07, 6.45) is 0. The third-order valence-electron chi connectivity index (χ3n) is 2.92. The van der Waals surface area contributed by atoms with Gasteiger partial charge in [0.1, 0.15) is 0 Å². The van der Waals surface area contributed by atoms with Gasteiger partial charge >= 0.3 is 0 Å². The molecule has 0 aliphatic rings. The first-order valence-corrected chi connectivity index (χ1v) is 7.92. The average Bonchev–Trinajstić information content (AvgIpc) is 2.46. The van der Waals surface area contributed by atoms with Crippen molar-refractivity contribution >= 4 is 22.4 Å². The number of rotatable bonds is 3. The van der Waals surface area contributed by atoms with Crippen molar-refractivity contribution in [1.82, 2.24) is 0 Å². The van der Waals surface area contributed by atoms with Crippen molar-refractivity contribution in [1.29, 1.82) is 0 Å². The van der Waals surface area contributed by atoms with E-state index in [4.69, 9.17) is 0 Å². The summed E-state index contributed by atoms with van der Waals surface area (Å²) in [5.74, 6) is -0.241. The van der Waals surface area contributed by atoms with Crippen molar-refractivity contribution < 1.29 is 9.00 Å². The molecule has 110 valence electrons. The van der Waals surface area contributed by atoms with Crippen LogP contribution >= 0.6 is 0 Å². The molecule has 0 saturated heterocycles.